The summed E-state index contributed by atoms with van der Waals surface area (Å²) in [6, 6.07) is 6.06. The van der Waals surface area contributed by atoms with Gasteiger partial charge in [-0.3, -0.25) is 14.9 Å². The van der Waals surface area contributed by atoms with Crippen LogP contribution in [-0.2, 0) is 16.0 Å². The summed E-state index contributed by atoms with van der Waals surface area (Å²) >= 11 is 0. The molecule has 0 heterocycles. The lowest BCUT2D eigenvalue weighted by Gasteiger charge is -2.21. The molecule has 6 nitrogen and oxygen atoms in total. The minimum Gasteiger partial charge on any atom is -0.378 e. The van der Waals surface area contributed by atoms with E-state index in [1.165, 1.54) is 31.4 Å². The van der Waals surface area contributed by atoms with Crippen LogP contribution in [-0.4, -0.2) is 30.1 Å². The predicted molar refractivity (Wildman–Crippen MR) is 87.3 cm³/mol. The Bertz CT molecular complexity index is 510. The lowest BCUT2D eigenvalue weighted by Crippen LogP contribution is -2.27. The number of ether oxygens (including phenoxy) is 1. The SMILES string of the molecule is O=C(Cc1ccc([N+](=O)[O-])cc1)NCCCOC1CCCCC1. The van der Waals surface area contributed by atoms with Gasteiger partial charge in [0.2, 0.25) is 5.91 Å². The number of non-ortho nitro benzene ring substituents is 1. The molecule has 0 aliphatic heterocycles. The van der Waals surface area contributed by atoms with Gasteiger partial charge in [0.15, 0.2) is 0 Å². The van der Waals surface area contributed by atoms with Gasteiger partial charge in [-0.05, 0) is 24.8 Å². The van der Waals surface area contributed by atoms with Gasteiger partial charge in [-0.1, -0.05) is 31.4 Å². The highest BCUT2D eigenvalue weighted by atomic mass is 16.6. The molecule has 126 valence electrons. The summed E-state index contributed by atoms with van der Waals surface area (Å²) < 4.78 is 5.80. The van der Waals surface area contributed by atoms with Crippen LogP contribution in [0.25, 0.3) is 0 Å². The molecular weight excluding hydrogens is 296 g/mol. The normalized spacial score (nSPS) is 15.3. The monoisotopic (exact) mass is 320 g/mol. The standard InChI is InChI=1S/C17H24N2O4/c20-17(13-14-7-9-15(10-8-14)19(21)22)18-11-4-12-23-16-5-2-1-3-6-16/h7-10,16H,1-6,11-13H2,(H,18,20). The largest absolute Gasteiger partial charge is 0.378 e. The second-order valence-electron chi connectivity index (χ2n) is 5.93. The second-order valence-corrected chi connectivity index (χ2v) is 5.93. The molecule has 1 fully saturated rings. The lowest BCUT2D eigenvalue weighted by molar-refractivity contribution is -0.384. The fourth-order valence-corrected chi connectivity index (χ4v) is 2.77. The summed E-state index contributed by atoms with van der Waals surface area (Å²) in [6.07, 6.45) is 7.61. The first-order valence-corrected chi connectivity index (χ1v) is 8.27. The first-order chi connectivity index (χ1) is 11.1. The summed E-state index contributed by atoms with van der Waals surface area (Å²) in [5.74, 6) is -0.0727. The Kier molecular flexibility index (Phi) is 7.00. The third-order valence-corrected chi connectivity index (χ3v) is 4.06. The van der Waals surface area contributed by atoms with Gasteiger partial charge in [0, 0.05) is 25.3 Å². The molecule has 0 saturated heterocycles. The average molecular weight is 320 g/mol. The number of benzene rings is 1. The summed E-state index contributed by atoms with van der Waals surface area (Å²) in [4.78, 5) is 21.9. The minimum atomic E-state index is -0.448. The van der Waals surface area contributed by atoms with Crippen molar-refractivity contribution >= 4 is 11.6 Å². The Balaban J connectivity index is 1.58. The fourth-order valence-electron chi connectivity index (χ4n) is 2.77. The van der Waals surface area contributed by atoms with Gasteiger partial charge in [0.05, 0.1) is 17.4 Å². The maximum absolute atomic E-state index is 11.8. The number of nitrogens with zero attached hydrogens (tertiary/aromatic N) is 1. The summed E-state index contributed by atoms with van der Waals surface area (Å²) in [6.45, 7) is 1.28. The van der Waals surface area contributed by atoms with Crippen LogP contribution in [0.2, 0.25) is 0 Å². The van der Waals surface area contributed by atoms with Crippen LogP contribution in [0.3, 0.4) is 0 Å². The van der Waals surface area contributed by atoms with Crippen LogP contribution < -0.4 is 5.32 Å². The van der Waals surface area contributed by atoms with Crippen LogP contribution in [0.1, 0.15) is 44.1 Å². The molecule has 0 unspecified atom stereocenters. The van der Waals surface area contributed by atoms with Gasteiger partial charge in [0.25, 0.3) is 5.69 Å². The van der Waals surface area contributed by atoms with Gasteiger partial charge in [-0.2, -0.15) is 0 Å². The van der Waals surface area contributed by atoms with Crippen LogP contribution in [0, 0.1) is 10.1 Å². The number of nitro groups is 1. The van der Waals surface area contributed by atoms with Crippen molar-refractivity contribution in [1.29, 1.82) is 0 Å². The van der Waals surface area contributed by atoms with Gasteiger partial charge in [0.1, 0.15) is 0 Å². The average Bonchev–Trinajstić information content (AvgIpc) is 2.56. The maximum atomic E-state index is 11.8. The molecule has 1 amide bonds. The Labute approximate surface area is 136 Å². The summed E-state index contributed by atoms with van der Waals surface area (Å²) in [5.41, 5.74) is 0.806. The summed E-state index contributed by atoms with van der Waals surface area (Å²) in [5, 5.41) is 13.4. The molecule has 1 saturated carbocycles. The predicted octanol–water partition coefficient (Wildman–Crippen LogP) is 2.99. The molecular formula is C17H24N2O4. The van der Waals surface area contributed by atoms with Crippen molar-refractivity contribution in [2.75, 3.05) is 13.2 Å². The zero-order valence-corrected chi connectivity index (χ0v) is 13.3. The third kappa shape index (κ3) is 6.36. The first kappa shape index (κ1) is 17.4. The molecule has 1 aromatic rings. The van der Waals surface area contributed by atoms with E-state index in [1.807, 2.05) is 0 Å². The highest BCUT2D eigenvalue weighted by Gasteiger charge is 2.13. The van der Waals surface area contributed by atoms with Crippen molar-refractivity contribution in [3.8, 4) is 0 Å². The molecule has 0 bridgehead atoms. The number of rotatable bonds is 8. The van der Waals surface area contributed by atoms with E-state index in [0.29, 0.717) is 19.3 Å². The zero-order chi connectivity index (χ0) is 16.5. The molecule has 1 aliphatic carbocycles. The van der Waals surface area contributed by atoms with E-state index >= 15 is 0 Å². The number of hydrogen-bond acceptors (Lipinski definition) is 4. The second kappa shape index (κ2) is 9.25. The lowest BCUT2D eigenvalue weighted by atomic mass is 9.98. The van der Waals surface area contributed by atoms with Crippen molar-refractivity contribution in [3.05, 3.63) is 39.9 Å². The smallest absolute Gasteiger partial charge is 0.269 e. The van der Waals surface area contributed by atoms with E-state index in [2.05, 4.69) is 5.32 Å². The number of carbonyl (C=O) groups excluding carboxylic acids is 1. The molecule has 2 rings (SSSR count). The van der Waals surface area contributed by atoms with Crippen LogP contribution >= 0.6 is 0 Å². The molecule has 1 N–H and O–H groups in total. The van der Waals surface area contributed by atoms with E-state index in [0.717, 1.165) is 24.8 Å². The third-order valence-electron chi connectivity index (χ3n) is 4.06. The Morgan fingerprint density at radius 1 is 1.22 bits per heavy atom. The number of amides is 1. The Morgan fingerprint density at radius 2 is 1.91 bits per heavy atom. The molecule has 0 atom stereocenters. The van der Waals surface area contributed by atoms with Crippen LogP contribution in [0.4, 0.5) is 5.69 Å². The summed E-state index contributed by atoms with van der Waals surface area (Å²) in [7, 11) is 0. The van der Waals surface area contributed by atoms with Crippen molar-refractivity contribution in [1.82, 2.24) is 5.32 Å². The van der Waals surface area contributed by atoms with Gasteiger partial charge < -0.3 is 10.1 Å². The van der Waals surface area contributed by atoms with Crippen LogP contribution in [0.5, 0.6) is 0 Å². The van der Waals surface area contributed by atoms with E-state index in [-0.39, 0.29) is 18.0 Å². The van der Waals surface area contributed by atoms with Crippen molar-refractivity contribution in [2.24, 2.45) is 0 Å². The molecule has 0 aromatic heterocycles. The molecule has 0 spiro atoms. The zero-order valence-electron chi connectivity index (χ0n) is 13.3. The van der Waals surface area contributed by atoms with Gasteiger partial charge in [-0.15, -0.1) is 0 Å². The molecule has 23 heavy (non-hydrogen) atoms. The van der Waals surface area contributed by atoms with E-state index < -0.39 is 4.92 Å². The van der Waals surface area contributed by atoms with Crippen molar-refractivity contribution in [3.63, 3.8) is 0 Å². The first-order valence-electron chi connectivity index (χ1n) is 8.27. The van der Waals surface area contributed by atoms with E-state index in [4.69, 9.17) is 4.74 Å². The number of nitro benzene ring substituents is 1. The van der Waals surface area contributed by atoms with Gasteiger partial charge >= 0.3 is 0 Å². The van der Waals surface area contributed by atoms with Crippen molar-refractivity contribution in [2.45, 2.75) is 51.0 Å². The Morgan fingerprint density at radius 3 is 2.57 bits per heavy atom. The maximum Gasteiger partial charge on any atom is 0.269 e. The van der Waals surface area contributed by atoms with Crippen molar-refractivity contribution < 1.29 is 14.5 Å². The quantitative estimate of drug-likeness (QED) is 0.453. The Hall–Kier alpha value is -1.95. The van der Waals surface area contributed by atoms with Crippen LogP contribution in [0.15, 0.2) is 24.3 Å². The molecule has 0 radical (unpaired) electrons. The van der Waals surface area contributed by atoms with E-state index in [1.54, 1.807) is 12.1 Å². The van der Waals surface area contributed by atoms with Gasteiger partial charge in [-0.25, -0.2) is 0 Å². The van der Waals surface area contributed by atoms with E-state index in [9.17, 15) is 14.9 Å². The minimum absolute atomic E-state index is 0.0361. The fraction of sp³-hybridized carbons (Fsp3) is 0.588. The highest BCUT2D eigenvalue weighted by Crippen LogP contribution is 2.20. The number of hydrogen-bond donors (Lipinski definition) is 1. The number of nitrogens with one attached hydrogen (secondary N) is 1. The topological polar surface area (TPSA) is 81.5 Å². The number of carbonyl (C=O) groups is 1. The molecule has 1 aliphatic rings. The highest BCUT2D eigenvalue weighted by molar-refractivity contribution is 5.78. The molecule has 1 aromatic carbocycles. The molecule has 6 heteroatoms.